The van der Waals surface area contributed by atoms with E-state index in [0.29, 0.717) is 0 Å². The van der Waals surface area contributed by atoms with Crippen molar-refractivity contribution >= 4 is 23.5 Å². The number of carbonyl (C=O) groups is 3. The summed E-state index contributed by atoms with van der Waals surface area (Å²) in [7, 11) is 0. The first kappa shape index (κ1) is 19.4. The van der Waals surface area contributed by atoms with E-state index in [0.717, 1.165) is 4.90 Å². The Bertz CT molecular complexity index is 763. The van der Waals surface area contributed by atoms with Crippen molar-refractivity contribution in [1.29, 1.82) is 0 Å². The third-order valence-corrected chi connectivity index (χ3v) is 4.60. The molecule has 1 saturated heterocycles. The summed E-state index contributed by atoms with van der Waals surface area (Å²) in [4.78, 5) is 48.3. The highest BCUT2D eigenvalue weighted by Gasteiger charge is 2.49. The molecule has 1 aromatic rings. The number of urea groups is 1. The fourth-order valence-electron chi connectivity index (χ4n) is 2.58. The average Bonchev–Trinajstić information content (AvgIpc) is 2.79. The number of non-ortho nitro benzene ring substituents is 1. The van der Waals surface area contributed by atoms with E-state index >= 15 is 0 Å². The highest BCUT2D eigenvalue weighted by atomic mass is 16.6. The standard InChI is InChI=1S/C17H22N4O5/c1-10(2)11(3)18-14(22)9-20-15(23)17(4,19-16(20)24)12-6-5-7-13(8-12)21(25)26/h5-8,10-11H,9H2,1-4H3,(H,18,22)(H,19,24). The minimum Gasteiger partial charge on any atom is -0.352 e. The molecule has 0 saturated carbocycles. The van der Waals surface area contributed by atoms with Crippen LogP contribution >= 0.6 is 0 Å². The third kappa shape index (κ3) is 3.66. The summed E-state index contributed by atoms with van der Waals surface area (Å²) in [5, 5.41) is 16.2. The molecule has 9 heteroatoms. The van der Waals surface area contributed by atoms with Crippen LogP contribution in [0.3, 0.4) is 0 Å². The van der Waals surface area contributed by atoms with Crippen LogP contribution in [0.2, 0.25) is 0 Å². The lowest BCUT2D eigenvalue weighted by Gasteiger charge is -2.22. The van der Waals surface area contributed by atoms with E-state index in [-0.39, 0.29) is 23.2 Å². The molecule has 9 nitrogen and oxygen atoms in total. The summed E-state index contributed by atoms with van der Waals surface area (Å²) >= 11 is 0. The molecular weight excluding hydrogens is 340 g/mol. The number of carbonyl (C=O) groups excluding carboxylic acids is 3. The molecule has 0 bridgehead atoms. The lowest BCUT2D eigenvalue weighted by Crippen LogP contribution is -2.46. The summed E-state index contributed by atoms with van der Waals surface area (Å²) in [6.07, 6.45) is 0. The van der Waals surface area contributed by atoms with Gasteiger partial charge in [0, 0.05) is 18.2 Å². The van der Waals surface area contributed by atoms with Gasteiger partial charge in [0.2, 0.25) is 5.91 Å². The van der Waals surface area contributed by atoms with E-state index in [4.69, 9.17) is 0 Å². The van der Waals surface area contributed by atoms with Crippen LogP contribution in [0.15, 0.2) is 24.3 Å². The molecular formula is C17H22N4O5. The molecule has 2 unspecified atom stereocenters. The number of hydrogen-bond acceptors (Lipinski definition) is 5. The number of benzene rings is 1. The second kappa shape index (κ2) is 7.11. The average molecular weight is 362 g/mol. The largest absolute Gasteiger partial charge is 0.352 e. The first-order chi connectivity index (χ1) is 12.1. The number of nitrogens with one attached hydrogen (secondary N) is 2. The van der Waals surface area contributed by atoms with E-state index < -0.39 is 34.9 Å². The number of nitro groups is 1. The first-order valence-electron chi connectivity index (χ1n) is 8.24. The number of hydrogen-bond donors (Lipinski definition) is 2. The van der Waals surface area contributed by atoms with Crippen LogP contribution in [0.5, 0.6) is 0 Å². The van der Waals surface area contributed by atoms with Gasteiger partial charge in [-0.1, -0.05) is 26.0 Å². The quantitative estimate of drug-likeness (QED) is 0.451. The molecule has 1 aromatic carbocycles. The van der Waals surface area contributed by atoms with Crippen molar-refractivity contribution in [3.8, 4) is 0 Å². The highest BCUT2D eigenvalue weighted by molar-refractivity contribution is 6.09. The van der Waals surface area contributed by atoms with Crippen LogP contribution in [0.4, 0.5) is 10.5 Å². The number of imide groups is 1. The molecule has 2 atom stereocenters. The fraction of sp³-hybridized carbons (Fsp3) is 0.471. The zero-order valence-electron chi connectivity index (χ0n) is 15.1. The van der Waals surface area contributed by atoms with Gasteiger partial charge in [0.25, 0.3) is 11.6 Å². The molecule has 1 aliphatic heterocycles. The molecule has 2 N–H and O–H groups in total. The smallest absolute Gasteiger partial charge is 0.325 e. The molecule has 26 heavy (non-hydrogen) atoms. The summed E-state index contributed by atoms with van der Waals surface area (Å²) in [5.41, 5.74) is -1.37. The Kier molecular flexibility index (Phi) is 5.29. The molecule has 1 aliphatic rings. The summed E-state index contributed by atoms with van der Waals surface area (Å²) in [5.74, 6) is -0.870. The van der Waals surface area contributed by atoms with Crippen LogP contribution in [0.25, 0.3) is 0 Å². The molecule has 0 spiro atoms. The Balaban J connectivity index is 2.21. The van der Waals surface area contributed by atoms with E-state index in [9.17, 15) is 24.5 Å². The topological polar surface area (TPSA) is 122 Å². The Morgan fingerprint density at radius 1 is 1.35 bits per heavy atom. The zero-order valence-corrected chi connectivity index (χ0v) is 15.1. The lowest BCUT2D eigenvalue weighted by molar-refractivity contribution is -0.385. The SMILES string of the molecule is CC(C)C(C)NC(=O)CN1C(=O)NC(C)(c2cccc([N+](=O)[O-])c2)C1=O. The maximum atomic E-state index is 12.8. The second-order valence-electron chi connectivity index (χ2n) is 6.85. The van der Waals surface area contributed by atoms with Crippen molar-refractivity contribution in [1.82, 2.24) is 15.5 Å². The minimum absolute atomic E-state index is 0.105. The van der Waals surface area contributed by atoms with Crippen molar-refractivity contribution in [2.24, 2.45) is 5.92 Å². The molecule has 2 rings (SSSR count). The van der Waals surface area contributed by atoms with Crippen LogP contribution in [-0.2, 0) is 15.1 Å². The highest BCUT2D eigenvalue weighted by Crippen LogP contribution is 2.30. The van der Waals surface area contributed by atoms with Gasteiger partial charge >= 0.3 is 6.03 Å². The summed E-state index contributed by atoms with van der Waals surface area (Å²) in [6.45, 7) is 6.77. The molecule has 0 radical (unpaired) electrons. The number of rotatable bonds is 6. The van der Waals surface area contributed by atoms with Gasteiger partial charge in [-0.2, -0.15) is 0 Å². The van der Waals surface area contributed by atoms with Crippen molar-refractivity contribution in [2.75, 3.05) is 6.54 Å². The molecule has 0 aromatic heterocycles. The molecule has 140 valence electrons. The summed E-state index contributed by atoms with van der Waals surface area (Å²) < 4.78 is 0. The Labute approximate surface area is 150 Å². The Hall–Kier alpha value is -2.97. The fourth-order valence-corrected chi connectivity index (χ4v) is 2.58. The van der Waals surface area contributed by atoms with Gasteiger partial charge in [-0.3, -0.25) is 24.6 Å². The summed E-state index contributed by atoms with van der Waals surface area (Å²) in [6, 6.07) is 4.69. The Morgan fingerprint density at radius 3 is 2.58 bits per heavy atom. The van der Waals surface area contributed by atoms with E-state index in [1.165, 1.54) is 31.2 Å². The van der Waals surface area contributed by atoms with E-state index in [2.05, 4.69) is 10.6 Å². The van der Waals surface area contributed by atoms with Gasteiger partial charge in [0.05, 0.1) is 4.92 Å². The predicted octanol–water partition coefficient (Wildman–Crippen LogP) is 1.52. The van der Waals surface area contributed by atoms with Gasteiger partial charge in [-0.15, -0.1) is 0 Å². The van der Waals surface area contributed by atoms with Crippen LogP contribution < -0.4 is 10.6 Å². The first-order valence-corrected chi connectivity index (χ1v) is 8.24. The monoisotopic (exact) mass is 362 g/mol. The van der Waals surface area contributed by atoms with Crippen LogP contribution in [-0.4, -0.2) is 40.3 Å². The number of amides is 4. The molecule has 0 aliphatic carbocycles. The van der Waals surface area contributed by atoms with E-state index in [1.807, 2.05) is 20.8 Å². The maximum Gasteiger partial charge on any atom is 0.325 e. The van der Waals surface area contributed by atoms with Crippen LogP contribution in [0, 0.1) is 16.0 Å². The van der Waals surface area contributed by atoms with E-state index in [1.54, 1.807) is 0 Å². The van der Waals surface area contributed by atoms with Gasteiger partial charge in [0.15, 0.2) is 0 Å². The second-order valence-corrected chi connectivity index (χ2v) is 6.85. The van der Waals surface area contributed by atoms with Crippen molar-refractivity contribution in [3.63, 3.8) is 0 Å². The van der Waals surface area contributed by atoms with Crippen molar-refractivity contribution in [3.05, 3.63) is 39.9 Å². The predicted molar refractivity (Wildman–Crippen MR) is 93.1 cm³/mol. The van der Waals surface area contributed by atoms with Gasteiger partial charge in [-0.05, 0) is 25.3 Å². The normalized spacial score (nSPS) is 20.9. The minimum atomic E-state index is -1.47. The zero-order chi connectivity index (χ0) is 19.6. The molecule has 1 fully saturated rings. The van der Waals surface area contributed by atoms with Gasteiger partial charge in [-0.25, -0.2) is 4.79 Å². The lowest BCUT2D eigenvalue weighted by atomic mass is 9.91. The number of nitro benzene ring substituents is 1. The van der Waals surface area contributed by atoms with Gasteiger partial charge in [0.1, 0.15) is 12.1 Å². The van der Waals surface area contributed by atoms with Crippen molar-refractivity contribution < 1.29 is 19.3 Å². The van der Waals surface area contributed by atoms with Gasteiger partial charge < -0.3 is 10.6 Å². The van der Waals surface area contributed by atoms with Crippen LogP contribution in [0.1, 0.15) is 33.3 Å². The third-order valence-electron chi connectivity index (χ3n) is 4.60. The Morgan fingerprint density at radius 2 is 2.00 bits per heavy atom. The molecule has 4 amide bonds. The molecule has 1 heterocycles. The number of nitrogens with zero attached hydrogens (tertiary/aromatic N) is 2. The maximum absolute atomic E-state index is 12.8. The van der Waals surface area contributed by atoms with Crippen molar-refractivity contribution in [2.45, 2.75) is 39.3 Å².